The lowest BCUT2D eigenvalue weighted by molar-refractivity contribution is 0.0948. The van der Waals surface area contributed by atoms with Crippen LogP contribution in [0, 0.1) is 17.5 Å². The normalized spacial score (nSPS) is 9.93. The third-order valence-corrected chi connectivity index (χ3v) is 1.68. The minimum absolute atomic E-state index is 0.482. The van der Waals surface area contributed by atoms with Crippen LogP contribution < -0.4 is 22.5 Å². The van der Waals surface area contributed by atoms with Gasteiger partial charge in [0.1, 0.15) is 5.69 Å². The van der Waals surface area contributed by atoms with Crippen molar-refractivity contribution in [3.63, 3.8) is 0 Å². The van der Waals surface area contributed by atoms with Gasteiger partial charge in [0.2, 0.25) is 0 Å². The number of anilines is 1. The van der Waals surface area contributed by atoms with Gasteiger partial charge in [0.05, 0.1) is 5.56 Å². The first-order valence-corrected chi connectivity index (χ1v) is 3.68. The summed E-state index contributed by atoms with van der Waals surface area (Å²) in [6.07, 6.45) is 0. The van der Waals surface area contributed by atoms with Gasteiger partial charge in [-0.15, -0.1) is 0 Å². The molecule has 0 fully saturated rings. The Morgan fingerprint density at radius 1 is 1.20 bits per heavy atom. The van der Waals surface area contributed by atoms with Crippen molar-refractivity contribution in [1.82, 2.24) is 5.43 Å². The molecule has 0 aliphatic rings. The first-order chi connectivity index (χ1) is 7.02. The lowest BCUT2D eigenvalue weighted by Gasteiger charge is -2.08. The van der Waals surface area contributed by atoms with Gasteiger partial charge in [0.25, 0.3) is 5.91 Å². The number of nitrogen functional groups attached to an aromatic ring is 2. The van der Waals surface area contributed by atoms with E-state index in [2.05, 4.69) is 0 Å². The first-order valence-electron chi connectivity index (χ1n) is 3.68. The highest BCUT2D eigenvalue weighted by Crippen LogP contribution is 2.23. The van der Waals surface area contributed by atoms with Gasteiger partial charge in [-0.2, -0.15) is 0 Å². The van der Waals surface area contributed by atoms with Crippen LogP contribution in [0.1, 0.15) is 10.4 Å². The Labute approximate surface area is 82.2 Å². The lowest BCUT2D eigenvalue weighted by atomic mass is 10.1. The van der Waals surface area contributed by atoms with Crippen molar-refractivity contribution in [2.24, 2.45) is 11.7 Å². The number of hydrazine groups is 2. The third-order valence-electron chi connectivity index (χ3n) is 1.68. The minimum atomic E-state index is -1.59. The molecule has 0 saturated heterocycles. The number of hydrogen-bond donors (Lipinski definition) is 4. The fourth-order valence-corrected chi connectivity index (χ4v) is 0.970. The number of rotatable bonds is 2. The summed E-state index contributed by atoms with van der Waals surface area (Å²) in [6, 6.07) is 0.482. The molecule has 8 heteroatoms. The molecular weight excluding hydrogens is 213 g/mol. The monoisotopic (exact) mass is 220 g/mol. The molecule has 0 aromatic heterocycles. The van der Waals surface area contributed by atoms with Crippen LogP contribution in [-0.2, 0) is 0 Å². The van der Waals surface area contributed by atoms with Crippen LogP contribution >= 0.6 is 0 Å². The molecule has 6 N–H and O–H groups in total. The van der Waals surface area contributed by atoms with Crippen molar-refractivity contribution in [1.29, 1.82) is 0 Å². The molecule has 82 valence electrons. The fourth-order valence-electron chi connectivity index (χ4n) is 0.970. The molecule has 0 atom stereocenters. The van der Waals surface area contributed by atoms with Crippen molar-refractivity contribution in [2.45, 2.75) is 0 Å². The number of halogens is 3. The van der Waals surface area contributed by atoms with Crippen LogP contribution in [0.3, 0.4) is 0 Å². The highest BCUT2D eigenvalue weighted by molar-refractivity contribution is 5.94. The van der Waals surface area contributed by atoms with E-state index in [1.54, 1.807) is 10.9 Å². The predicted molar refractivity (Wildman–Crippen MR) is 45.8 cm³/mol. The number of carbonyl (C=O) groups is 1. The maximum absolute atomic E-state index is 13.1. The van der Waals surface area contributed by atoms with E-state index < -0.39 is 34.6 Å². The summed E-state index contributed by atoms with van der Waals surface area (Å²) in [4.78, 5) is 10.9. The Bertz CT molecular complexity index is 410. The van der Waals surface area contributed by atoms with E-state index in [4.69, 9.17) is 11.7 Å². The summed E-state index contributed by atoms with van der Waals surface area (Å²) in [5.74, 6) is 3.98. The second-order valence-corrected chi connectivity index (χ2v) is 2.53. The molecule has 0 heterocycles. The Hall–Kier alpha value is -1.80. The predicted octanol–water partition coefficient (Wildman–Crippen LogP) is -0.00700. The van der Waals surface area contributed by atoms with Gasteiger partial charge in [-0.1, -0.05) is 0 Å². The van der Waals surface area contributed by atoms with Crippen molar-refractivity contribution < 1.29 is 18.0 Å². The smallest absolute Gasteiger partial charge is 0.268 e. The van der Waals surface area contributed by atoms with E-state index in [1.807, 2.05) is 0 Å². The maximum Gasteiger partial charge on any atom is 0.268 e. The van der Waals surface area contributed by atoms with Gasteiger partial charge in [0.15, 0.2) is 17.5 Å². The van der Waals surface area contributed by atoms with Crippen molar-refractivity contribution in [3.05, 3.63) is 29.1 Å². The van der Waals surface area contributed by atoms with Crippen LogP contribution in [0.4, 0.5) is 18.9 Å². The Balaban J connectivity index is 3.40. The number of nitrogens with one attached hydrogen (secondary N) is 2. The number of carbonyl (C=O) groups excluding carboxylic acids is 1. The SMILES string of the molecule is NNC(=O)c1cc(F)c(NN)c(F)c1F. The van der Waals surface area contributed by atoms with Crippen molar-refractivity contribution >= 4 is 11.6 Å². The molecule has 0 radical (unpaired) electrons. The van der Waals surface area contributed by atoms with Crippen LogP contribution in [0.15, 0.2) is 6.07 Å². The molecule has 0 unspecified atom stereocenters. The van der Waals surface area contributed by atoms with E-state index >= 15 is 0 Å². The molecule has 15 heavy (non-hydrogen) atoms. The number of benzene rings is 1. The summed E-state index contributed by atoms with van der Waals surface area (Å²) >= 11 is 0. The number of amides is 1. The van der Waals surface area contributed by atoms with Crippen LogP contribution in [0.2, 0.25) is 0 Å². The maximum atomic E-state index is 13.1. The standard InChI is InChI=1S/C7H7F3N4O/c8-3-1-2(7(15)14-12)4(9)5(10)6(3)13-11/h1,13H,11-12H2,(H,14,15). The molecule has 0 aliphatic carbocycles. The van der Waals surface area contributed by atoms with Crippen molar-refractivity contribution in [3.8, 4) is 0 Å². The zero-order chi connectivity index (χ0) is 11.6. The van der Waals surface area contributed by atoms with Crippen LogP contribution in [0.5, 0.6) is 0 Å². The Morgan fingerprint density at radius 3 is 2.27 bits per heavy atom. The molecule has 1 aromatic rings. The van der Waals surface area contributed by atoms with E-state index in [-0.39, 0.29) is 0 Å². The van der Waals surface area contributed by atoms with E-state index in [1.165, 1.54) is 0 Å². The number of nitrogens with two attached hydrogens (primary N) is 2. The molecule has 0 aliphatic heterocycles. The summed E-state index contributed by atoms with van der Waals surface area (Å²) in [5.41, 5.74) is 1.48. The average molecular weight is 220 g/mol. The average Bonchev–Trinajstić information content (AvgIpc) is 2.23. The van der Waals surface area contributed by atoms with E-state index in [0.717, 1.165) is 0 Å². The van der Waals surface area contributed by atoms with E-state index in [0.29, 0.717) is 6.07 Å². The molecule has 1 aromatic carbocycles. The molecular formula is C7H7F3N4O. The highest BCUT2D eigenvalue weighted by atomic mass is 19.2. The largest absolute Gasteiger partial charge is 0.319 e. The molecule has 1 amide bonds. The molecule has 0 spiro atoms. The van der Waals surface area contributed by atoms with E-state index in [9.17, 15) is 18.0 Å². The first kappa shape index (κ1) is 11.3. The van der Waals surface area contributed by atoms with Gasteiger partial charge in [-0.05, 0) is 6.07 Å². The molecule has 5 nitrogen and oxygen atoms in total. The Kier molecular flexibility index (Phi) is 3.12. The second kappa shape index (κ2) is 4.15. The van der Waals surface area contributed by atoms with Crippen molar-refractivity contribution in [2.75, 3.05) is 5.43 Å². The summed E-state index contributed by atoms with van der Waals surface area (Å²) < 4.78 is 39.2. The second-order valence-electron chi connectivity index (χ2n) is 2.53. The zero-order valence-corrected chi connectivity index (χ0v) is 7.27. The minimum Gasteiger partial charge on any atom is -0.319 e. The zero-order valence-electron chi connectivity index (χ0n) is 7.27. The van der Waals surface area contributed by atoms with Gasteiger partial charge < -0.3 is 5.43 Å². The van der Waals surface area contributed by atoms with Gasteiger partial charge in [-0.3, -0.25) is 16.1 Å². The number of hydrogen-bond acceptors (Lipinski definition) is 4. The summed E-state index contributed by atoms with van der Waals surface area (Å²) in [6.45, 7) is 0. The molecule has 1 rings (SSSR count). The lowest BCUT2D eigenvalue weighted by Crippen LogP contribution is -2.31. The fraction of sp³-hybridized carbons (Fsp3) is 0. The molecule has 0 bridgehead atoms. The van der Waals surface area contributed by atoms with Crippen LogP contribution in [-0.4, -0.2) is 5.91 Å². The third kappa shape index (κ3) is 1.85. The topological polar surface area (TPSA) is 93.2 Å². The quantitative estimate of drug-likeness (QED) is 0.244. The summed E-state index contributed by atoms with van der Waals surface area (Å²) in [5, 5.41) is 0. The Morgan fingerprint density at radius 2 is 1.80 bits per heavy atom. The van der Waals surface area contributed by atoms with Gasteiger partial charge in [-0.25, -0.2) is 19.0 Å². The van der Waals surface area contributed by atoms with Crippen LogP contribution in [0.25, 0.3) is 0 Å². The van der Waals surface area contributed by atoms with Gasteiger partial charge >= 0.3 is 0 Å². The summed E-state index contributed by atoms with van der Waals surface area (Å²) in [7, 11) is 0. The molecule has 0 saturated carbocycles. The van der Waals surface area contributed by atoms with Gasteiger partial charge in [0, 0.05) is 0 Å². The highest BCUT2D eigenvalue weighted by Gasteiger charge is 2.21.